The van der Waals surface area contributed by atoms with Gasteiger partial charge in [-0.25, -0.2) is 0 Å². The fourth-order valence-electron chi connectivity index (χ4n) is 7.58. The van der Waals surface area contributed by atoms with Crippen LogP contribution in [0.1, 0.15) is 5.56 Å². The first-order valence-electron chi connectivity index (χ1n) is 18.0. The summed E-state index contributed by atoms with van der Waals surface area (Å²) in [4.78, 5) is 4.91. The smallest absolute Gasteiger partial charge is 0.0775 e. The molecule has 0 bridgehead atoms. The van der Waals surface area contributed by atoms with Crippen LogP contribution in [0.4, 0.5) is 34.1 Å². The minimum atomic E-state index is -1.48. The number of rotatable bonds is 7. The van der Waals surface area contributed by atoms with Crippen LogP contribution in [0.25, 0.3) is 41.7 Å². The van der Waals surface area contributed by atoms with Crippen molar-refractivity contribution in [1.29, 1.82) is 0 Å². The minimum absolute atomic E-state index is 1.14. The van der Waals surface area contributed by atoms with Gasteiger partial charge in [-0.05, 0) is 89.1 Å². The molecule has 0 unspecified atom stereocenters. The summed E-state index contributed by atoms with van der Waals surface area (Å²) in [6, 6.07) is 62.6. The summed E-state index contributed by atoms with van der Waals surface area (Å²) in [5.74, 6) is 0. The summed E-state index contributed by atoms with van der Waals surface area (Å²) >= 11 is 1.91. The Balaban J connectivity index is 1.42. The predicted molar refractivity (Wildman–Crippen MR) is 231 cm³/mol. The zero-order valence-electron chi connectivity index (χ0n) is 30.0. The molecule has 9 rings (SSSR count). The molecule has 0 saturated heterocycles. The van der Waals surface area contributed by atoms with Crippen molar-refractivity contribution in [3.05, 3.63) is 175 Å². The van der Waals surface area contributed by atoms with Crippen molar-refractivity contribution in [2.75, 3.05) is 9.80 Å². The molecular formula is C48H40N2SSi. The highest BCUT2D eigenvalue weighted by atomic mass is 32.1. The highest BCUT2D eigenvalue weighted by molar-refractivity contribution is 7.27. The quantitative estimate of drug-likeness (QED) is 0.152. The van der Waals surface area contributed by atoms with Crippen LogP contribution in [0, 0.1) is 6.92 Å². The second kappa shape index (κ2) is 12.8. The lowest BCUT2D eigenvalue weighted by atomic mass is 9.97. The van der Waals surface area contributed by atoms with Crippen LogP contribution in [0.5, 0.6) is 0 Å². The number of hydrogen-bond donors (Lipinski definition) is 0. The zero-order valence-corrected chi connectivity index (χ0v) is 31.8. The Morgan fingerprint density at radius 3 is 1.25 bits per heavy atom. The number of nitrogens with zero attached hydrogens (tertiary/aromatic N) is 2. The van der Waals surface area contributed by atoms with E-state index in [2.05, 4.69) is 206 Å². The SMILES string of the molecule is Cc1ccc(N(c2ccccc2)c2cc3ccccc3c3c2sc2c(N(c4ccccc4)c4ccc([Si](C)(C)C)cc4)cc4ccccc4c23)cc1. The number of fused-ring (bicyclic) bond motifs is 7. The average Bonchev–Trinajstić information content (AvgIpc) is 3.59. The molecule has 8 aromatic carbocycles. The minimum Gasteiger partial charge on any atom is -0.309 e. The van der Waals surface area contributed by atoms with Crippen molar-refractivity contribution < 1.29 is 0 Å². The molecule has 252 valence electrons. The van der Waals surface area contributed by atoms with Gasteiger partial charge in [-0.1, -0.05) is 140 Å². The van der Waals surface area contributed by atoms with Gasteiger partial charge in [0.1, 0.15) is 0 Å². The molecule has 0 spiro atoms. The van der Waals surface area contributed by atoms with E-state index >= 15 is 0 Å². The summed E-state index contributed by atoms with van der Waals surface area (Å²) in [6.07, 6.45) is 0. The van der Waals surface area contributed by atoms with Crippen molar-refractivity contribution in [2.24, 2.45) is 0 Å². The molecule has 0 amide bonds. The van der Waals surface area contributed by atoms with Crippen molar-refractivity contribution in [2.45, 2.75) is 26.6 Å². The van der Waals surface area contributed by atoms with E-state index in [-0.39, 0.29) is 0 Å². The van der Waals surface area contributed by atoms with Crippen molar-refractivity contribution in [3.8, 4) is 0 Å². The van der Waals surface area contributed by atoms with Crippen LogP contribution in [0.3, 0.4) is 0 Å². The summed E-state index contributed by atoms with van der Waals surface area (Å²) in [5.41, 5.74) is 8.22. The monoisotopic (exact) mass is 704 g/mol. The van der Waals surface area contributed by atoms with Crippen LogP contribution in [-0.2, 0) is 0 Å². The van der Waals surface area contributed by atoms with E-state index in [1.54, 1.807) is 0 Å². The molecule has 0 N–H and O–H groups in total. The van der Waals surface area contributed by atoms with Gasteiger partial charge in [-0.15, -0.1) is 11.3 Å². The largest absolute Gasteiger partial charge is 0.309 e. The summed E-state index contributed by atoms with van der Waals surface area (Å²) in [5, 5.41) is 9.09. The molecule has 52 heavy (non-hydrogen) atoms. The van der Waals surface area contributed by atoms with Crippen LogP contribution < -0.4 is 15.0 Å². The lowest BCUT2D eigenvalue weighted by molar-refractivity contribution is 1.29. The van der Waals surface area contributed by atoms with E-state index in [4.69, 9.17) is 0 Å². The molecule has 0 aliphatic heterocycles. The van der Waals surface area contributed by atoms with Gasteiger partial charge in [0.25, 0.3) is 0 Å². The number of aryl methyl sites for hydroxylation is 1. The highest BCUT2D eigenvalue weighted by Crippen LogP contribution is 2.53. The Kier molecular flexibility index (Phi) is 7.95. The number of hydrogen-bond acceptors (Lipinski definition) is 3. The van der Waals surface area contributed by atoms with Crippen molar-refractivity contribution >= 4 is 100 Å². The average molecular weight is 705 g/mol. The van der Waals surface area contributed by atoms with Crippen molar-refractivity contribution in [3.63, 3.8) is 0 Å². The molecule has 2 nitrogen and oxygen atoms in total. The van der Waals surface area contributed by atoms with Gasteiger partial charge in [0.2, 0.25) is 0 Å². The third-order valence-corrected chi connectivity index (χ3v) is 13.5. The van der Waals surface area contributed by atoms with E-state index in [1.165, 1.54) is 63.8 Å². The highest BCUT2D eigenvalue weighted by Gasteiger charge is 2.26. The molecule has 1 heterocycles. The first-order chi connectivity index (χ1) is 25.3. The van der Waals surface area contributed by atoms with Gasteiger partial charge in [0.05, 0.1) is 28.8 Å². The summed E-state index contributed by atoms with van der Waals surface area (Å²) in [7, 11) is -1.48. The molecule has 0 fully saturated rings. The number of benzene rings is 8. The first kappa shape index (κ1) is 32.2. The standard InChI is InChI=1S/C48H40N2SSi/c1-33-23-25-38(26-24-33)49(36-17-7-5-8-18-36)43-31-34-15-11-13-21-41(34)45-46-42-22-14-12-16-35(42)32-44(48(46)51-47(43)45)50(37-19-9-6-10-20-37)39-27-29-40(30-28-39)52(2,3)4/h5-32H,1-4H3. The molecule has 4 heteroatoms. The number of thiophene rings is 1. The molecule has 0 aliphatic rings. The molecule has 0 aliphatic carbocycles. The fraction of sp³-hybridized carbons (Fsp3) is 0.0833. The number of para-hydroxylation sites is 2. The van der Waals surface area contributed by atoms with Crippen LogP contribution >= 0.6 is 11.3 Å². The van der Waals surface area contributed by atoms with Gasteiger partial charge < -0.3 is 9.80 Å². The topological polar surface area (TPSA) is 6.48 Å². The first-order valence-corrected chi connectivity index (χ1v) is 22.3. The zero-order chi connectivity index (χ0) is 35.4. The number of anilines is 6. The van der Waals surface area contributed by atoms with Gasteiger partial charge in [0, 0.05) is 33.5 Å². The Morgan fingerprint density at radius 2 is 0.808 bits per heavy atom. The Hall–Kier alpha value is -5.68. The summed E-state index contributed by atoms with van der Waals surface area (Å²) < 4.78 is 2.55. The summed E-state index contributed by atoms with van der Waals surface area (Å²) in [6.45, 7) is 9.40. The predicted octanol–water partition coefficient (Wildman–Crippen LogP) is 14.2. The van der Waals surface area contributed by atoms with Gasteiger partial charge >= 0.3 is 0 Å². The van der Waals surface area contributed by atoms with Gasteiger partial charge in [-0.3, -0.25) is 0 Å². The maximum absolute atomic E-state index is 2.47. The maximum atomic E-state index is 2.47. The van der Waals surface area contributed by atoms with E-state index in [0.29, 0.717) is 0 Å². The van der Waals surface area contributed by atoms with E-state index in [9.17, 15) is 0 Å². The maximum Gasteiger partial charge on any atom is 0.0775 e. The van der Waals surface area contributed by atoms with Gasteiger partial charge in [0.15, 0.2) is 0 Å². The van der Waals surface area contributed by atoms with Gasteiger partial charge in [-0.2, -0.15) is 0 Å². The molecular weight excluding hydrogens is 665 g/mol. The molecule has 0 radical (unpaired) electrons. The molecule has 0 atom stereocenters. The van der Waals surface area contributed by atoms with E-state index in [0.717, 1.165) is 22.7 Å². The van der Waals surface area contributed by atoms with Crippen LogP contribution in [-0.4, -0.2) is 8.07 Å². The Labute approximate surface area is 310 Å². The third-order valence-electron chi connectivity index (χ3n) is 10.2. The lowest BCUT2D eigenvalue weighted by Crippen LogP contribution is -2.37. The Morgan fingerprint density at radius 1 is 0.423 bits per heavy atom. The fourth-order valence-corrected chi connectivity index (χ4v) is 10.1. The van der Waals surface area contributed by atoms with Crippen molar-refractivity contribution in [1.82, 2.24) is 0 Å². The van der Waals surface area contributed by atoms with E-state index < -0.39 is 8.07 Å². The Bertz CT molecular complexity index is 2710. The lowest BCUT2D eigenvalue weighted by Gasteiger charge is -2.27. The molecule has 9 aromatic rings. The molecule has 0 saturated carbocycles. The second-order valence-electron chi connectivity index (χ2n) is 14.7. The normalized spacial score (nSPS) is 11.8. The molecule has 1 aromatic heterocycles. The van der Waals surface area contributed by atoms with E-state index in [1.807, 2.05) is 11.3 Å². The second-order valence-corrected chi connectivity index (χ2v) is 20.8. The van der Waals surface area contributed by atoms with Crippen LogP contribution in [0.15, 0.2) is 170 Å². The third kappa shape index (κ3) is 5.56. The van der Waals surface area contributed by atoms with Crippen LogP contribution in [0.2, 0.25) is 19.6 Å².